The summed E-state index contributed by atoms with van der Waals surface area (Å²) in [5, 5.41) is 5.13. The molecule has 2 aliphatic rings. The van der Waals surface area contributed by atoms with E-state index < -0.39 is 0 Å². The number of para-hydroxylation sites is 5. The first kappa shape index (κ1) is 30.7. The van der Waals surface area contributed by atoms with Crippen LogP contribution in [0.15, 0.2) is 182 Å². The van der Waals surface area contributed by atoms with Crippen LogP contribution in [0, 0.1) is 0 Å². The number of rotatable bonds is 3. The van der Waals surface area contributed by atoms with Gasteiger partial charge >= 0.3 is 0 Å². The number of benzene rings is 8. The summed E-state index contributed by atoms with van der Waals surface area (Å²) in [5.41, 5.74) is 17.6. The van der Waals surface area contributed by atoms with Gasteiger partial charge in [0.2, 0.25) is 6.71 Å². The molecule has 4 heteroatoms. The van der Waals surface area contributed by atoms with E-state index >= 15 is 0 Å². The quantitative estimate of drug-likeness (QED) is 0.167. The van der Waals surface area contributed by atoms with Crippen molar-refractivity contribution in [3.63, 3.8) is 0 Å². The summed E-state index contributed by atoms with van der Waals surface area (Å²) in [4.78, 5) is 2.53. The Hall–Kier alpha value is -6.78. The van der Waals surface area contributed by atoms with Gasteiger partial charge in [0, 0.05) is 55.4 Å². The molecule has 258 valence electrons. The topological polar surface area (TPSA) is 13.1 Å². The van der Waals surface area contributed by atoms with E-state index in [9.17, 15) is 0 Å². The Morgan fingerprint density at radius 1 is 0.382 bits per heavy atom. The van der Waals surface area contributed by atoms with E-state index in [1.165, 1.54) is 99.6 Å². The van der Waals surface area contributed by atoms with Crippen LogP contribution in [-0.4, -0.2) is 15.8 Å². The summed E-state index contributed by atoms with van der Waals surface area (Å²) in [7, 11) is 0. The van der Waals surface area contributed by atoms with Crippen LogP contribution in [0.3, 0.4) is 0 Å². The SMILES string of the molecule is CC1(C)c2cc3c4ccccc4n(-c4ccccc4)c3cc2B2c3cc4c5ccccc5n(-c5ccccc5)c4cc3N(c3ccccc3)c3cccc1c32. The molecule has 0 spiro atoms. The van der Waals surface area contributed by atoms with Gasteiger partial charge < -0.3 is 14.0 Å². The normalized spacial score (nSPS) is 14.1. The van der Waals surface area contributed by atoms with Crippen LogP contribution in [0.25, 0.3) is 55.0 Å². The first-order chi connectivity index (χ1) is 27.1. The summed E-state index contributed by atoms with van der Waals surface area (Å²) in [5.74, 6) is 0. The lowest BCUT2D eigenvalue weighted by Crippen LogP contribution is -2.64. The zero-order valence-corrected chi connectivity index (χ0v) is 30.7. The molecule has 2 aromatic heterocycles. The molecule has 0 radical (unpaired) electrons. The lowest BCUT2D eigenvalue weighted by atomic mass is 9.30. The highest BCUT2D eigenvalue weighted by atomic mass is 15.2. The lowest BCUT2D eigenvalue weighted by Gasteiger charge is -2.45. The van der Waals surface area contributed by atoms with Crippen LogP contribution in [-0.2, 0) is 5.41 Å². The van der Waals surface area contributed by atoms with Crippen LogP contribution in [0.5, 0.6) is 0 Å². The first-order valence-electron chi connectivity index (χ1n) is 19.3. The van der Waals surface area contributed by atoms with Gasteiger partial charge in [0.05, 0.1) is 22.1 Å². The third-order valence-electron chi connectivity index (χ3n) is 12.5. The second-order valence-corrected chi connectivity index (χ2v) is 15.7. The molecule has 0 aliphatic carbocycles. The maximum atomic E-state index is 2.54. The number of hydrogen-bond donors (Lipinski definition) is 0. The Balaban J connectivity index is 1.24. The van der Waals surface area contributed by atoms with Crippen molar-refractivity contribution in [2.45, 2.75) is 19.3 Å². The molecule has 2 aliphatic heterocycles. The fourth-order valence-electron chi connectivity index (χ4n) is 10.2. The van der Waals surface area contributed by atoms with Gasteiger partial charge in [-0.05, 0) is 94.8 Å². The Bertz CT molecular complexity index is 3170. The van der Waals surface area contributed by atoms with E-state index in [-0.39, 0.29) is 12.1 Å². The van der Waals surface area contributed by atoms with Gasteiger partial charge in [-0.15, -0.1) is 0 Å². The molecule has 0 fully saturated rings. The van der Waals surface area contributed by atoms with Crippen molar-refractivity contribution >= 4 is 83.8 Å². The van der Waals surface area contributed by atoms with Crippen molar-refractivity contribution in [1.82, 2.24) is 9.13 Å². The van der Waals surface area contributed by atoms with Gasteiger partial charge in [-0.1, -0.05) is 129 Å². The van der Waals surface area contributed by atoms with Crippen LogP contribution in [0.2, 0.25) is 0 Å². The van der Waals surface area contributed by atoms with Gasteiger partial charge in [-0.2, -0.15) is 0 Å². The molecule has 3 nitrogen and oxygen atoms in total. The van der Waals surface area contributed by atoms with E-state index in [1.807, 2.05) is 0 Å². The van der Waals surface area contributed by atoms with Crippen molar-refractivity contribution in [3.8, 4) is 11.4 Å². The largest absolute Gasteiger partial charge is 0.311 e. The van der Waals surface area contributed by atoms with Gasteiger partial charge in [0.25, 0.3) is 0 Å². The molecule has 8 aromatic carbocycles. The Kier molecular flexibility index (Phi) is 6.20. The molecule has 0 saturated carbocycles. The van der Waals surface area contributed by atoms with Gasteiger partial charge in [-0.25, -0.2) is 0 Å². The van der Waals surface area contributed by atoms with Crippen LogP contribution in [0.4, 0.5) is 17.1 Å². The molecule has 0 N–H and O–H groups in total. The summed E-state index contributed by atoms with van der Waals surface area (Å²) < 4.78 is 4.91. The molecular formula is C51H36BN3. The number of aromatic nitrogens is 2. The smallest absolute Gasteiger partial charge is 0.247 e. The van der Waals surface area contributed by atoms with E-state index in [2.05, 4.69) is 210 Å². The maximum absolute atomic E-state index is 2.54. The summed E-state index contributed by atoms with van der Waals surface area (Å²) in [6.07, 6.45) is 0. The predicted molar refractivity (Wildman–Crippen MR) is 233 cm³/mol. The summed E-state index contributed by atoms with van der Waals surface area (Å²) in [6, 6.07) is 67.5. The molecule has 0 unspecified atom stereocenters. The molecule has 0 saturated heterocycles. The zero-order chi connectivity index (χ0) is 36.4. The average molecular weight is 702 g/mol. The summed E-state index contributed by atoms with van der Waals surface area (Å²) in [6.45, 7) is 4.90. The second-order valence-electron chi connectivity index (χ2n) is 15.7. The van der Waals surface area contributed by atoms with Crippen LogP contribution in [0.1, 0.15) is 25.0 Å². The lowest BCUT2D eigenvalue weighted by molar-refractivity contribution is 0.647. The van der Waals surface area contributed by atoms with Gasteiger partial charge in [0.15, 0.2) is 0 Å². The maximum Gasteiger partial charge on any atom is 0.247 e. The Morgan fingerprint density at radius 2 is 0.909 bits per heavy atom. The highest BCUT2D eigenvalue weighted by molar-refractivity contribution is 6.99. The number of anilines is 3. The molecule has 12 rings (SSSR count). The minimum Gasteiger partial charge on any atom is -0.311 e. The van der Waals surface area contributed by atoms with Gasteiger partial charge in [-0.3, -0.25) is 0 Å². The van der Waals surface area contributed by atoms with Crippen LogP contribution >= 0.6 is 0 Å². The third-order valence-corrected chi connectivity index (χ3v) is 12.5. The Morgan fingerprint density at radius 3 is 1.53 bits per heavy atom. The molecule has 0 amide bonds. The zero-order valence-electron chi connectivity index (χ0n) is 30.7. The van der Waals surface area contributed by atoms with E-state index in [0.717, 1.165) is 0 Å². The average Bonchev–Trinajstić information content (AvgIpc) is 3.74. The molecule has 4 heterocycles. The number of nitrogens with zero attached hydrogens (tertiary/aromatic N) is 3. The fourth-order valence-corrected chi connectivity index (χ4v) is 10.2. The van der Waals surface area contributed by atoms with Gasteiger partial charge in [0.1, 0.15) is 0 Å². The molecule has 10 aromatic rings. The number of hydrogen-bond acceptors (Lipinski definition) is 1. The van der Waals surface area contributed by atoms with Crippen molar-refractivity contribution < 1.29 is 0 Å². The minimum atomic E-state index is -0.228. The van der Waals surface area contributed by atoms with Crippen molar-refractivity contribution in [1.29, 1.82) is 0 Å². The van der Waals surface area contributed by atoms with Crippen LogP contribution < -0.4 is 21.3 Å². The minimum absolute atomic E-state index is 0.0408. The Labute approximate surface area is 320 Å². The van der Waals surface area contributed by atoms with E-state index in [4.69, 9.17) is 0 Å². The van der Waals surface area contributed by atoms with Crippen molar-refractivity contribution in [3.05, 3.63) is 193 Å². The van der Waals surface area contributed by atoms with Crippen molar-refractivity contribution in [2.75, 3.05) is 4.90 Å². The first-order valence-corrected chi connectivity index (χ1v) is 19.3. The highest BCUT2D eigenvalue weighted by Crippen LogP contribution is 2.46. The second kappa shape index (κ2) is 11.1. The number of fused-ring (bicyclic) bond motifs is 10. The predicted octanol–water partition coefficient (Wildman–Crippen LogP) is 10.8. The molecule has 55 heavy (non-hydrogen) atoms. The highest BCUT2D eigenvalue weighted by Gasteiger charge is 2.46. The third kappa shape index (κ3) is 4.11. The standard InChI is InChI=1S/C51H36BN3/c1-51(2)40-25-16-28-46-50(40)52(42-31-47-38(29-41(42)51)36-23-12-14-26-44(36)53(47)33-17-6-3-7-18-33)43-30-39-37-24-13-15-27-45(37)54(34-19-8-4-9-20-34)48(39)32-49(43)55(46)35-21-10-5-11-22-35/h3-32H,1-2H3. The van der Waals surface area contributed by atoms with E-state index in [0.29, 0.717) is 0 Å². The van der Waals surface area contributed by atoms with E-state index in [1.54, 1.807) is 0 Å². The fraction of sp³-hybridized carbons (Fsp3) is 0.0588. The summed E-state index contributed by atoms with van der Waals surface area (Å²) >= 11 is 0. The molecule has 0 atom stereocenters. The molecule has 0 bridgehead atoms. The van der Waals surface area contributed by atoms with Crippen molar-refractivity contribution in [2.24, 2.45) is 0 Å². The monoisotopic (exact) mass is 701 g/mol. The molecular weight excluding hydrogens is 665 g/mol.